The van der Waals surface area contributed by atoms with Crippen molar-refractivity contribution in [1.29, 1.82) is 0 Å². The molecular weight excluding hydrogens is 292 g/mol. The van der Waals surface area contributed by atoms with Gasteiger partial charge in [0, 0.05) is 19.6 Å². The number of likely N-dealkylation sites (N-methyl/N-ethyl adjacent to an activating group) is 1. The van der Waals surface area contributed by atoms with E-state index in [1.165, 1.54) is 0 Å². The van der Waals surface area contributed by atoms with Crippen molar-refractivity contribution in [2.24, 2.45) is 5.92 Å². The number of hydrogen-bond donors (Lipinski definition) is 0. The summed E-state index contributed by atoms with van der Waals surface area (Å²) in [6.07, 6.45) is 3.36. The number of carbonyl (C=O) groups is 2. The molecule has 1 aliphatic heterocycles. The van der Waals surface area contributed by atoms with E-state index in [-0.39, 0.29) is 18.0 Å². The first kappa shape index (κ1) is 19.8. The Hall–Kier alpha value is -1.26. The van der Waals surface area contributed by atoms with E-state index < -0.39 is 5.60 Å². The van der Waals surface area contributed by atoms with Crippen molar-refractivity contribution in [3.63, 3.8) is 0 Å². The molecule has 5 heteroatoms. The van der Waals surface area contributed by atoms with Gasteiger partial charge in [-0.1, -0.05) is 26.7 Å². The molecule has 0 aromatic heterocycles. The maximum atomic E-state index is 12.9. The van der Waals surface area contributed by atoms with Gasteiger partial charge < -0.3 is 9.64 Å². The zero-order valence-corrected chi connectivity index (χ0v) is 15.7. The Morgan fingerprint density at radius 1 is 1.22 bits per heavy atom. The molecule has 1 rings (SSSR count). The molecule has 0 saturated carbocycles. The highest BCUT2D eigenvalue weighted by atomic mass is 16.6. The summed E-state index contributed by atoms with van der Waals surface area (Å²) in [6, 6.07) is -0.362. The van der Waals surface area contributed by atoms with Gasteiger partial charge in [0.15, 0.2) is 0 Å². The monoisotopic (exact) mass is 326 g/mol. The second kappa shape index (κ2) is 8.55. The van der Waals surface area contributed by atoms with Gasteiger partial charge in [-0.2, -0.15) is 0 Å². The highest BCUT2D eigenvalue weighted by molar-refractivity contribution is 5.86. The molecule has 0 aromatic carbocycles. The molecule has 5 nitrogen and oxygen atoms in total. The molecule has 0 radical (unpaired) electrons. The van der Waals surface area contributed by atoms with Crippen LogP contribution in [0.3, 0.4) is 0 Å². The summed E-state index contributed by atoms with van der Waals surface area (Å²) in [5.74, 6) is 0.595. The third kappa shape index (κ3) is 5.70. The van der Waals surface area contributed by atoms with Crippen molar-refractivity contribution in [1.82, 2.24) is 9.80 Å². The highest BCUT2D eigenvalue weighted by Crippen LogP contribution is 2.23. The number of amides is 2. The van der Waals surface area contributed by atoms with Crippen LogP contribution in [-0.2, 0) is 9.53 Å². The van der Waals surface area contributed by atoms with Gasteiger partial charge in [0.2, 0.25) is 5.91 Å². The predicted molar refractivity (Wildman–Crippen MR) is 92.3 cm³/mol. The van der Waals surface area contributed by atoms with Crippen molar-refractivity contribution in [3.05, 3.63) is 0 Å². The lowest BCUT2D eigenvalue weighted by atomic mass is 10.0. The van der Waals surface area contributed by atoms with Gasteiger partial charge in [-0.05, 0) is 46.5 Å². The molecular formula is C18H34N2O3. The number of ether oxygens (including phenoxy) is 1. The van der Waals surface area contributed by atoms with Crippen LogP contribution in [0.4, 0.5) is 4.79 Å². The van der Waals surface area contributed by atoms with E-state index in [0.717, 1.165) is 32.2 Å². The molecule has 1 saturated heterocycles. The van der Waals surface area contributed by atoms with Gasteiger partial charge in [-0.3, -0.25) is 9.69 Å². The first-order valence-corrected chi connectivity index (χ1v) is 9.01. The van der Waals surface area contributed by atoms with Gasteiger partial charge in [0.05, 0.1) is 0 Å². The number of likely N-dealkylation sites (tertiary alicyclic amines) is 1. The van der Waals surface area contributed by atoms with Crippen molar-refractivity contribution < 1.29 is 14.3 Å². The minimum Gasteiger partial charge on any atom is -0.444 e. The molecule has 1 heterocycles. The summed E-state index contributed by atoms with van der Waals surface area (Å²) in [5.41, 5.74) is -0.534. The molecule has 0 aliphatic carbocycles. The molecule has 1 aliphatic rings. The molecule has 0 unspecified atom stereocenters. The largest absolute Gasteiger partial charge is 0.444 e. The van der Waals surface area contributed by atoms with Gasteiger partial charge >= 0.3 is 6.09 Å². The molecule has 0 spiro atoms. The van der Waals surface area contributed by atoms with Crippen LogP contribution in [0.5, 0.6) is 0 Å². The zero-order chi connectivity index (χ0) is 17.6. The molecule has 23 heavy (non-hydrogen) atoms. The molecule has 1 fully saturated rings. The number of rotatable bonds is 6. The second-order valence-electron chi connectivity index (χ2n) is 7.39. The Morgan fingerprint density at radius 3 is 2.30 bits per heavy atom. The summed E-state index contributed by atoms with van der Waals surface area (Å²) >= 11 is 0. The van der Waals surface area contributed by atoms with E-state index in [9.17, 15) is 9.59 Å². The van der Waals surface area contributed by atoms with Gasteiger partial charge in [-0.25, -0.2) is 4.79 Å². The smallest absolute Gasteiger partial charge is 0.410 e. The standard InChI is InChI=1S/C18H34N2O3/c1-7-14(8-2)13-19(9-3)16(21)15-11-10-12-20(15)17(22)23-18(4,5)6/h14-15H,7-13H2,1-6H3/t15-/m0/s1. The van der Waals surface area contributed by atoms with Crippen LogP contribution in [0.15, 0.2) is 0 Å². The predicted octanol–water partition coefficient (Wildman–Crippen LogP) is 3.67. The minimum atomic E-state index is -0.534. The van der Waals surface area contributed by atoms with E-state index >= 15 is 0 Å². The van der Waals surface area contributed by atoms with Gasteiger partial charge in [-0.15, -0.1) is 0 Å². The fourth-order valence-corrected chi connectivity index (χ4v) is 3.01. The maximum Gasteiger partial charge on any atom is 0.410 e. The highest BCUT2D eigenvalue weighted by Gasteiger charge is 2.38. The first-order valence-electron chi connectivity index (χ1n) is 9.01. The molecule has 134 valence electrons. The van der Waals surface area contributed by atoms with Gasteiger partial charge in [0.1, 0.15) is 11.6 Å². The zero-order valence-electron chi connectivity index (χ0n) is 15.7. The van der Waals surface area contributed by atoms with E-state index in [2.05, 4.69) is 13.8 Å². The molecule has 1 atom stereocenters. The fraction of sp³-hybridized carbons (Fsp3) is 0.889. The lowest BCUT2D eigenvalue weighted by Gasteiger charge is -2.32. The van der Waals surface area contributed by atoms with E-state index in [0.29, 0.717) is 19.0 Å². The molecule has 0 aromatic rings. The van der Waals surface area contributed by atoms with Crippen LogP contribution in [0, 0.1) is 5.92 Å². The topological polar surface area (TPSA) is 49.9 Å². The van der Waals surface area contributed by atoms with Crippen molar-refractivity contribution in [3.8, 4) is 0 Å². The van der Waals surface area contributed by atoms with Crippen LogP contribution in [0.1, 0.15) is 67.2 Å². The molecule has 0 bridgehead atoms. The van der Waals surface area contributed by atoms with E-state index in [4.69, 9.17) is 4.74 Å². The van der Waals surface area contributed by atoms with Crippen molar-refractivity contribution >= 4 is 12.0 Å². The third-order valence-corrected chi connectivity index (χ3v) is 4.49. The summed E-state index contributed by atoms with van der Waals surface area (Å²) in [4.78, 5) is 28.8. The molecule has 2 amide bonds. The van der Waals surface area contributed by atoms with Gasteiger partial charge in [0.25, 0.3) is 0 Å². The van der Waals surface area contributed by atoms with Crippen LogP contribution in [-0.4, -0.2) is 53.1 Å². The van der Waals surface area contributed by atoms with Crippen molar-refractivity contribution in [2.75, 3.05) is 19.6 Å². The Morgan fingerprint density at radius 2 is 1.83 bits per heavy atom. The summed E-state index contributed by atoms with van der Waals surface area (Å²) < 4.78 is 5.46. The van der Waals surface area contributed by atoms with Crippen molar-refractivity contribution in [2.45, 2.75) is 78.9 Å². The minimum absolute atomic E-state index is 0.0720. The fourth-order valence-electron chi connectivity index (χ4n) is 3.01. The Bertz CT molecular complexity index is 400. The van der Waals surface area contributed by atoms with Crippen LogP contribution in [0.25, 0.3) is 0 Å². The first-order chi connectivity index (χ1) is 10.7. The lowest BCUT2D eigenvalue weighted by Crippen LogP contribution is -2.50. The maximum absolute atomic E-state index is 12.9. The lowest BCUT2D eigenvalue weighted by molar-refractivity contribution is -0.136. The summed E-state index contributed by atoms with van der Waals surface area (Å²) in [6.45, 7) is 14.0. The number of hydrogen-bond acceptors (Lipinski definition) is 3. The average molecular weight is 326 g/mol. The summed E-state index contributed by atoms with van der Waals surface area (Å²) in [7, 11) is 0. The van der Waals surface area contributed by atoms with Crippen LogP contribution in [0.2, 0.25) is 0 Å². The second-order valence-corrected chi connectivity index (χ2v) is 7.39. The van der Waals surface area contributed by atoms with Crippen LogP contribution < -0.4 is 0 Å². The summed E-state index contributed by atoms with van der Waals surface area (Å²) in [5, 5.41) is 0. The number of nitrogens with zero attached hydrogens (tertiary/aromatic N) is 2. The number of carbonyl (C=O) groups excluding carboxylic acids is 2. The quantitative estimate of drug-likeness (QED) is 0.748. The van der Waals surface area contributed by atoms with E-state index in [1.807, 2.05) is 32.6 Å². The molecule has 0 N–H and O–H groups in total. The average Bonchev–Trinajstić information content (AvgIpc) is 2.96. The Kier molecular flexibility index (Phi) is 7.36. The normalized spacial score (nSPS) is 18.4. The van der Waals surface area contributed by atoms with E-state index in [1.54, 1.807) is 4.90 Å². The third-order valence-electron chi connectivity index (χ3n) is 4.49. The Labute approximate surface area is 141 Å². The Balaban J connectivity index is 2.77. The van der Waals surface area contributed by atoms with Crippen LogP contribution >= 0.6 is 0 Å². The SMILES string of the molecule is CCC(CC)CN(CC)C(=O)[C@@H]1CCCN1C(=O)OC(C)(C)C.